The monoisotopic (exact) mass is 367 g/mol. The largest absolute Gasteiger partial charge is 0.396 e. The summed E-state index contributed by atoms with van der Waals surface area (Å²) in [6.07, 6.45) is 2.89. The normalized spacial score (nSPS) is 13.1. The van der Waals surface area contributed by atoms with Crippen molar-refractivity contribution in [1.29, 1.82) is 0 Å². The Labute approximate surface area is 163 Å². The topological polar surface area (TPSA) is 58.0 Å². The number of pyridine rings is 2. The van der Waals surface area contributed by atoms with E-state index in [1.54, 1.807) is 0 Å². The van der Waals surface area contributed by atoms with Crippen molar-refractivity contribution in [3.05, 3.63) is 46.8 Å². The van der Waals surface area contributed by atoms with Crippen LogP contribution in [0.5, 0.6) is 0 Å². The fourth-order valence-electron chi connectivity index (χ4n) is 3.50. The lowest BCUT2D eigenvalue weighted by molar-refractivity contribution is 0.276. The standard InChI is InChI=1S/C23H33N3O/c1-8-18(15(4)11-12-27)20-13-16(5)22(25-17(20)6)19-9-10-21(14(2)3)26-23(19)24-7/h8-10,13-15,27H,11-12H2,1-7H3,(H,24,26)/b18-8-. The van der Waals surface area contributed by atoms with Crippen LogP contribution in [-0.2, 0) is 0 Å². The first-order valence-corrected chi connectivity index (χ1v) is 9.78. The molecule has 0 aliphatic rings. The summed E-state index contributed by atoms with van der Waals surface area (Å²) < 4.78 is 0. The van der Waals surface area contributed by atoms with E-state index in [9.17, 15) is 5.11 Å². The van der Waals surface area contributed by atoms with E-state index in [-0.39, 0.29) is 6.61 Å². The number of allylic oxidation sites excluding steroid dienone is 2. The van der Waals surface area contributed by atoms with Crippen molar-refractivity contribution in [3.63, 3.8) is 0 Å². The van der Waals surface area contributed by atoms with E-state index >= 15 is 0 Å². The van der Waals surface area contributed by atoms with Crippen molar-refractivity contribution in [2.75, 3.05) is 19.0 Å². The maximum atomic E-state index is 9.31. The minimum atomic E-state index is 0.196. The summed E-state index contributed by atoms with van der Waals surface area (Å²) in [5.74, 6) is 1.55. The van der Waals surface area contributed by atoms with Gasteiger partial charge in [-0.25, -0.2) is 4.98 Å². The molecule has 1 unspecified atom stereocenters. The zero-order valence-corrected chi connectivity index (χ0v) is 17.7. The molecule has 0 saturated heterocycles. The molecule has 0 aliphatic heterocycles. The molecule has 2 rings (SSSR count). The van der Waals surface area contributed by atoms with E-state index in [1.165, 1.54) is 5.57 Å². The molecule has 27 heavy (non-hydrogen) atoms. The van der Waals surface area contributed by atoms with Crippen LogP contribution in [0.3, 0.4) is 0 Å². The van der Waals surface area contributed by atoms with Crippen LogP contribution in [0.4, 0.5) is 5.82 Å². The van der Waals surface area contributed by atoms with Crippen LogP contribution in [0.1, 0.15) is 62.5 Å². The average molecular weight is 368 g/mol. The minimum absolute atomic E-state index is 0.196. The average Bonchev–Trinajstić information content (AvgIpc) is 2.64. The molecule has 0 fully saturated rings. The van der Waals surface area contributed by atoms with E-state index in [4.69, 9.17) is 9.97 Å². The Hall–Kier alpha value is -2.20. The SMILES string of the molecule is C/C=C(\c1cc(C)c(-c2ccc(C(C)C)nc2NC)nc1C)C(C)CCO. The van der Waals surface area contributed by atoms with Crippen LogP contribution >= 0.6 is 0 Å². The van der Waals surface area contributed by atoms with Crippen LogP contribution in [0, 0.1) is 19.8 Å². The highest BCUT2D eigenvalue weighted by molar-refractivity contribution is 5.78. The third kappa shape index (κ3) is 4.56. The number of aromatic nitrogens is 2. The Bertz CT molecular complexity index is 825. The summed E-state index contributed by atoms with van der Waals surface area (Å²) in [5.41, 5.74) is 7.60. The molecule has 2 N–H and O–H groups in total. The summed E-state index contributed by atoms with van der Waals surface area (Å²) in [6, 6.07) is 6.43. The number of nitrogens with zero attached hydrogens (tertiary/aromatic N) is 2. The first-order chi connectivity index (χ1) is 12.8. The van der Waals surface area contributed by atoms with Gasteiger partial charge in [-0.1, -0.05) is 26.8 Å². The molecule has 1 atom stereocenters. The molecule has 4 heteroatoms. The number of aryl methyl sites for hydroxylation is 2. The number of anilines is 1. The van der Waals surface area contributed by atoms with E-state index < -0.39 is 0 Å². The van der Waals surface area contributed by atoms with Crippen molar-refractivity contribution < 1.29 is 5.11 Å². The lowest BCUT2D eigenvalue weighted by atomic mass is 9.89. The molecule has 146 valence electrons. The molecule has 2 aromatic rings. The van der Waals surface area contributed by atoms with Crippen LogP contribution in [0.2, 0.25) is 0 Å². The molecule has 2 heterocycles. The fraction of sp³-hybridized carbons (Fsp3) is 0.478. The molecule has 0 amide bonds. The molecule has 4 nitrogen and oxygen atoms in total. The first kappa shape index (κ1) is 21.1. The van der Waals surface area contributed by atoms with Crippen LogP contribution in [-0.4, -0.2) is 28.7 Å². The molecule has 2 aromatic heterocycles. The molecule has 0 bridgehead atoms. The van der Waals surface area contributed by atoms with Gasteiger partial charge in [0.15, 0.2) is 0 Å². The van der Waals surface area contributed by atoms with Crippen molar-refractivity contribution in [1.82, 2.24) is 9.97 Å². The van der Waals surface area contributed by atoms with E-state index in [0.717, 1.165) is 46.0 Å². The van der Waals surface area contributed by atoms with Gasteiger partial charge in [-0.05, 0) is 73.9 Å². The van der Waals surface area contributed by atoms with Gasteiger partial charge in [-0.15, -0.1) is 0 Å². The van der Waals surface area contributed by atoms with Crippen LogP contribution in [0.25, 0.3) is 16.8 Å². The van der Waals surface area contributed by atoms with Crippen molar-refractivity contribution >= 4 is 11.4 Å². The van der Waals surface area contributed by atoms with Gasteiger partial charge in [0, 0.05) is 30.6 Å². The lowest BCUT2D eigenvalue weighted by Gasteiger charge is -2.20. The third-order valence-corrected chi connectivity index (χ3v) is 5.12. The molecule has 0 saturated carbocycles. The Morgan fingerprint density at radius 3 is 2.44 bits per heavy atom. The molecule has 0 aromatic carbocycles. The molecule has 0 aliphatic carbocycles. The number of hydrogen-bond acceptors (Lipinski definition) is 4. The highest BCUT2D eigenvalue weighted by Crippen LogP contribution is 2.34. The van der Waals surface area contributed by atoms with Gasteiger partial charge in [0.05, 0.1) is 5.69 Å². The van der Waals surface area contributed by atoms with Crippen molar-refractivity contribution in [2.24, 2.45) is 5.92 Å². The Kier molecular flexibility index (Phi) is 7.14. The summed E-state index contributed by atoms with van der Waals surface area (Å²) in [5, 5.41) is 12.5. The zero-order valence-electron chi connectivity index (χ0n) is 17.7. The van der Waals surface area contributed by atoms with Crippen molar-refractivity contribution in [2.45, 2.75) is 53.9 Å². The summed E-state index contributed by atoms with van der Waals surface area (Å²) in [6.45, 7) is 12.9. The van der Waals surface area contributed by atoms with Gasteiger partial charge in [0.25, 0.3) is 0 Å². The number of nitrogens with one attached hydrogen (secondary N) is 1. The predicted octanol–water partition coefficient (Wildman–Crippen LogP) is 5.35. The third-order valence-electron chi connectivity index (χ3n) is 5.12. The molecular formula is C23H33N3O. The van der Waals surface area contributed by atoms with E-state index in [0.29, 0.717) is 11.8 Å². The second kappa shape index (κ2) is 9.14. The number of rotatable bonds is 7. The molecule has 0 spiro atoms. The summed E-state index contributed by atoms with van der Waals surface area (Å²) >= 11 is 0. The van der Waals surface area contributed by atoms with E-state index in [2.05, 4.69) is 71.1 Å². The fourth-order valence-corrected chi connectivity index (χ4v) is 3.50. The smallest absolute Gasteiger partial charge is 0.135 e. The van der Waals surface area contributed by atoms with Crippen molar-refractivity contribution in [3.8, 4) is 11.3 Å². The highest BCUT2D eigenvalue weighted by Gasteiger charge is 2.18. The molecule has 0 radical (unpaired) electrons. The summed E-state index contributed by atoms with van der Waals surface area (Å²) in [4.78, 5) is 9.73. The van der Waals surface area contributed by atoms with Gasteiger partial charge in [-0.2, -0.15) is 0 Å². The predicted molar refractivity (Wildman–Crippen MR) is 115 cm³/mol. The lowest BCUT2D eigenvalue weighted by Crippen LogP contribution is -2.07. The maximum Gasteiger partial charge on any atom is 0.135 e. The number of hydrogen-bond donors (Lipinski definition) is 2. The van der Waals surface area contributed by atoms with Gasteiger partial charge in [0.2, 0.25) is 0 Å². The van der Waals surface area contributed by atoms with Gasteiger partial charge in [-0.3, -0.25) is 4.98 Å². The zero-order chi connectivity index (χ0) is 20.1. The summed E-state index contributed by atoms with van der Waals surface area (Å²) in [7, 11) is 1.90. The minimum Gasteiger partial charge on any atom is -0.396 e. The second-order valence-electron chi connectivity index (χ2n) is 7.48. The number of aliphatic hydroxyl groups is 1. The Morgan fingerprint density at radius 2 is 1.89 bits per heavy atom. The quantitative estimate of drug-likeness (QED) is 0.693. The van der Waals surface area contributed by atoms with E-state index in [1.807, 2.05) is 7.05 Å². The first-order valence-electron chi connectivity index (χ1n) is 9.78. The maximum absolute atomic E-state index is 9.31. The van der Waals surface area contributed by atoms with Crippen LogP contribution in [0.15, 0.2) is 24.3 Å². The Balaban J connectivity index is 2.54. The van der Waals surface area contributed by atoms with Gasteiger partial charge >= 0.3 is 0 Å². The second-order valence-corrected chi connectivity index (χ2v) is 7.48. The highest BCUT2D eigenvalue weighted by atomic mass is 16.3. The van der Waals surface area contributed by atoms with Gasteiger partial charge < -0.3 is 10.4 Å². The van der Waals surface area contributed by atoms with Crippen LogP contribution < -0.4 is 5.32 Å². The van der Waals surface area contributed by atoms with Gasteiger partial charge in [0.1, 0.15) is 5.82 Å². The Morgan fingerprint density at radius 1 is 1.19 bits per heavy atom. The molecular weight excluding hydrogens is 334 g/mol. The number of aliphatic hydroxyl groups excluding tert-OH is 1.